The van der Waals surface area contributed by atoms with Gasteiger partial charge in [0.15, 0.2) is 0 Å². The summed E-state index contributed by atoms with van der Waals surface area (Å²) in [6.45, 7) is 5.08. The zero-order chi connectivity index (χ0) is 15.1. The van der Waals surface area contributed by atoms with Gasteiger partial charge in [-0.1, -0.05) is 6.92 Å². The van der Waals surface area contributed by atoms with Crippen LogP contribution in [0.1, 0.15) is 30.0 Å². The summed E-state index contributed by atoms with van der Waals surface area (Å²) < 4.78 is 11.4. The minimum atomic E-state index is -0.0601. The van der Waals surface area contributed by atoms with Gasteiger partial charge in [-0.3, -0.25) is 4.98 Å². The van der Waals surface area contributed by atoms with Crippen LogP contribution in [0.15, 0.2) is 36.7 Å². The third-order valence-electron chi connectivity index (χ3n) is 3.01. The largest absolute Gasteiger partial charge is 0.493 e. The summed E-state index contributed by atoms with van der Waals surface area (Å²) in [5.41, 5.74) is 2.84. The van der Waals surface area contributed by atoms with E-state index in [1.165, 1.54) is 0 Å². The molecule has 0 spiro atoms. The van der Waals surface area contributed by atoms with Gasteiger partial charge in [-0.15, -0.1) is 0 Å². The highest BCUT2D eigenvalue weighted by atomic mass is 16.5. The molecule has 1 aromatic carbocycles. The van der Waals surface area contributed by atoms with Crippen molar-refractivity contribution in [2.45, 2.75) is 33.5 Å². The van der Waals surface area contributed by atoms with Gasteiger partial charge in [0.25, 0.3) is 0 Å². The van der Waals surface area contributed by atoms with E-state index in [2.05, 4.69) is 11.9 Å². The standard InChI is InChI=1S/C17H21NO3/c1-3-6-20-16-5-4-15(11-19)17(8-16)21-12-14-7-13(2)9-18-10-14/h4-5,7-10,19H,3,6,11-12H2,1-2H3. The van der Waals surface area contributed by atoms with Crippen molar-refractivity contribution >= 4 is 0 Å². The molecule has 4 nitrogen and oxygen atoms in total. The average Bonchev–Trinajstić information content (AvgIpc) is 2.51. The Labute approximate surface area is 125 Å². The van der Waals surface area contributed by atoms with Crippen LogP contribution in [0.25, 0.3) is 0 Å². The maximum Gasteiger partial charge on any atom is 0.129 e. The van der Waals surface area contributed by atoms with Crippen LogP contribution in [0.2, 0.25) is 0 Å². The molecule has 112 valence electrons. The first-order valence-electron chi connectivity index (χ1n) is 7.13. The van der Waals surface area contributed by atoms with Gasteiger partial charge in [-0.25, -0.2) is 0 Å². The molecule has 0 aliphatic carbocycles. The van der Waals surface area contributed by atoms with Gasteiger partial charge in [0.05, 0.1) is 13.2 Å². The molecule has 0 saturated carbocycles. The number of ether oxygens (including phenoxy) is 2. The molecule has 1 N–H and O–H groups in total. The molecule has 0 amide bonds. The molecule has 0 bridgehead atoms. The highest BCUT2D eigenvalue weighted by Crippen LogP contribution is 2.26. The molecular formula is C17H21NO3. The summed E-state index contributed by atoms with van der Waals surface area (Å²) in [7, 11) is 0. The van der Waals surface area contributed by atoms with E-state index in [1.807, 2.05) is 37.4 Å². The van der Waals surface area contributed by atoms with Crippen LogP contribution in [0, 0.1) is 6.92 Å². The number of aliphatic hydroxyl groups is 1. The zero-order valence-electron chi connectivity index (χ0n) is 12.5. The summed E-state index contributed by atoms with van der Waals surface area (Å²) >= 11 is 0. The SMILES string of the molecule is CCCOc1ccc(CO)c(OCc2cncc(C)c2)c1. The molecule has 1 heterocycles. The molecule has 2 rings (SSSR count). The van der Waals surface area contributed by atoms with Crippen LogP contribution in [0.4, 0.5) is 0 Å². The number of benzene rings is 1. The van der Waals surface area contributed by atoms with Gasteiger partial charge in [0.1, 0.15) is 18.1 Å². The van der Waals surface area contributed by atoms with Crippen LogP contribution >= 0.6 is 0 Å². The summed E-state index contributed by atoms with van der Waals surface area (Å²) in [5, 5.41) is 9.39. The third-order valence-corrected chi connectivity index (χ3v) is 3.01. The monoisotopic (exact) mass is 287 g/mol. The molecule has 0 atom stereocenters. The highest BCUT2D eigenvalue weighted by Gasteiger charge is 2.06. The van der Waals surface area contributed by atoms with E-state index in [1.54, 1.807) is 6.20 Å². The Morgan fingerprint density at radius 3 is 2.71 bits per heavy atom. The molecule has 0 aliphatic heterocycles. The number of pyridine rings is 1. The van der Waals surface area contributed by atoms with Gasteiger partial charge < -0.3 is 14.6 Å². The Morgan fingerprint density at radius 1 is 1.14 bits per heavy atom. The minimum Gasteiger partial charge on any atom is -0.493 e. The zero-order valence-corrected chi connectivity index (χ0v) is 12.5. The van der Waals surface area contributed by atoms with Crippen molar-refractivity contribution in [3.63, 3.8) is 0 Å². The number of aliphatic hydroxyl groups excluding tert-OH is 1. The maximum atomic E-state index is 9.39. The lowest BCUT2D eigenvalue weighted by molar-refractivity contribution is 0.256. The van der Waals surface area contributed by atoms with Crippen LogP contribution in [-0.4, -0.2) is 16.7 Å². The van der Waals surface area contributed by atoms with E-state index < -0.39 is 0 Å². The first kappa shape index (κ1) is 15.3. The second-order valence-corrected chi connectivity index (χ2v) is 4.94. The molecule has 2 aromatic rings. The van der Waals surface area contributed by atoms with E-state index in [-0.39, 0.29) is 6.61 Å². The van der Waals surface area contributed by atoms with Crippen molar-refractivity contribution in [2.24, 2.45) is 0 Å². The molecular weight excluding hydrogens is 266 g/mol. The molecule has 0 fully saturated rings. The summed E-state index contributed by atoms with van der Waals surface area (Å²) in [4.78, 5) is 4.14. The van der Waals surface area contributed by atoms with Crippen molar-refractivity contribution in [2.75, 3.05) is 6.61 Å². The first-order valence-corrected chi connectivity index (χ1v) is 7.13. The van der Waals surface area contributed by atoms with E-state index in [9.17, 15) is 5.11 Å². The van der Waals surface area contributed by atoms with E-state index in [4.69, 9.17) is 9.47 Å². The fourth-order valence-electron chi connectivity index (χ4n) is 1.97. The second kappa shape index (κ2) is 7.64. The van der Waals surface area contributed by atoms with Gasteiger partial charge in [0, 0.05) is 29.6 Å². The third kappa shape index (κ3) is 4.46. The van der Waals surface area contributed by atoms with Gasteiger partial charge in [0.2, 0.25) is 0 Å². The van der Waals surface area contributed by atoms with E-state index >= 15 is 0 Å². The van der Waals surface area contributed by atoms with Crippen molar-refractivity contribution in [1.29, 1.82) is 0 Å². The molecule has 21 heavy (non-hydrogen) atoms. The second-order valence-electron chi connectivity index (χ2n) is 4.94. The van der Waals surface area contributed by atoms with Gasteiger partial charge in [-0.05, 0) is 37.1 Å². The first-order chi connectivity index (χ1) is 10.2. The Morgan fingerprint density at radius 2 is 2.00 bits per heavy atom. The lowest BCUT2D eigenvalue weighted by Crippen LogP contribution is -2.01. The Kier molecular flexibility index (Phi) is 5.58. The van der Waals surface area contributed by atoms with E-state index in [0.717, 1.165) is 28.9 Å². The number of aryl methyl sites for hydroxylation is 1. The number of rotatable bonds is 7. The normalized spacial score (nSPS) is 10.4. The topological polar surface area (TPSA) is 51.6 Å². The molecule has 0 unspecified atom stereocenters. The van der Waals surface area contributed by atoms with Crippen LogP contribution in [0.3, 0.4) is 0 Å². The lowest BCUT2D eigenvalue weighted by atomic mass is 10.2. The maximum absolute atomic E-state index is 9.39. The lowest BCUT2D eigenvalue weighted by Gasteiger charge is -2.13. The number of hydrogen-bond acceptors (Lipinski definition) is 4. The van der Waals surface area contributed by atoms with Crippen molar-refractivity contribution in [3.8, 4) is 11.5 Å². The number of nitrogens with zero attached hydrogens (tertiary/aromatic N) is 1. The van der Waals surface area contributed by atoms with Crippen molar-refractivity contribution in [1.82, 2.24) is 4.98 Å². The predicted molar refractivity (Wildman–Crippen MR) is 81.5 cm³/mol. The summed E-state index contributed by atoms with van der Waals surface area (Å²) in [6, 6.07) is 7.53. The quantitative estimate of drug-likeness (QED) is 0.849. The molecule has 0 saturated heterocycles. The van der Waals surface area contributed by atoms with E-state index in [0.29, 0.717) is 19.0 Å². The Balaban J connectivity index is 2.09. The molecule has 4 heteroatoms. The fourth-order valence-corrected chi connectivity index (χ4v) is 1.97. The van der Waals surface area contributed by atoms with Crippen LogP contribution < -0.4 is 9.47 Å². The molecule has 0 radical (unpaired) electrons. The van der Waals surface area contributed by atoms with Crippen LogP contribution in [-0.2, 0) is 13.2 Å². The molecule has 0 aliphatic rings. The fraction of sp³-hybridized carbons (Fsp3) is 0.353. The summed E-state index contributed by atoms with van der Waals surface area (Å²) in [5.74, 6) is 1.40. The van der Waals surface area contributed by atoms with Gasteiger partial charge >= 0.3 is 0 Å². The van der Waals surface area contributed by atoms with Crippen molar-refractivity contribution < 1.29 is 14.6 Å². The van der Waals surface area contributed by atoms with Crippen molar-refractivity contribution in [3.05, 3.63) is 53.3 Å². The Hall–Kier alpha value is -2.07. The minimum absolute atomic E-state index is 0.0601. The summed E-state index contributed by atoms with van der Waals surface area (Å²) in [6.07, 6.45) is 4.54. The van der Waals surface area contributed by atoms with Gasteiger partial charge in [-0.2, -0.15) is 0 Å². The molecule has 1 aromatic heterocycles. The Bertz CT molecular complexity index is 584. The smallest absolute Gasteiger partial charge is 0.129 e. The number of aromatic nitrogens is 1. The number of hydrogen-bond donors (Lipinski definition) is 1. The average molecular weight is 287 g/mol. The highest BCUT2D eigenvalue weighted by molar-refractivity contribution is 5.40. The predicted octanol–water partition coefficient (Wildman–Crippen LogP) is 3.25. The van der Waals surface area contributed by atoms with Crippen LogP contribution in [0.5, 0.6) is 11.5 Å².